The van der Waals surface area contributed by atoms with Gasteiger partial charge in [0.05, 0.1) is 5.56 Å². The van der Waals surface area contributed by atoms with E-state index in [9.17, 15) is 17.6 Å². The van der Waals surface area contributed by atoms with Gasteiger partial charge in [0.1, 0.15) is 5.82 Å². The molecule has 1 aliphatic carbocycles. The van der Waals surface area contributed by atoms with Gasteiger partial charge in [-0.15, -0.1) is 0 Å². The molecule has 0 radical (unpaired) electrons. The Hall–Kier alpha value is -1.10. The van der Waals surface area contributed by atoms with Crippen LogP contribution in [0.1, 0.15) is 30.0 Å². The SMILES string of the molecule is CNC(c1ccc(F)c(C(F)(F)F)c1)C1CC1. The van der Waals surface area contributed by atoms with E-state index in [1.807, 2.05) is 0 Å². The van der Waals surface area contributed by atoms with Gasteiger partial charge in [-0.2, -0.15) is 13.2 Å². The molecule has 0 heterocycles. The van der Waals surface area contributed by atoms with Gasteiger partial charge in [-0.3, -0.25) is 0 Å². The lowest BCUT2D eigenvalue weighted by Crippen LogP contribution is -2.19. The fourth-order valence-corrected chi connectivity index (χ4v) is 2.06. The third-order valence-corrected chi connectivity index (χ3v) is 3.06. The number of hydrogen-bond acceptors (Lipinski definition) is 1. The zero-order chi connectivity index (χ0) is 12.6. The van der Waals surface area contributed by atoms with Gasteiger partial charge in [-0.1, -0.05) is 6.07 Å². The van der Waals surface area contributed by atoms with Crippen LogP contribution in [0, 0.1) is 11.7 Å². The summed E-state index contributed by atoms with van der Waals surface area (Å²) in [5, 5.41) is 2.99. The summed E-state index contributed by atoms with van der Waals surface area (Å²) in [6.07, 6.45) is -2.63. The van der Waals surface area contributed by atoms with Gasteiger partial charge in [0.2, 0.25) is 0 Å². The maximum absolute atomic E-state index is 13.1. The third-order valence-electron chi connectivity index (χ3n) is 3.06. The van der Waals surface area contributed by atoms with Crippen LogP contribution in [0.25, 0.3) is 0 Å². The minimum absolute atomic E-state index is 0.114. The van der Waals surface area contributed by atoms with E-state index < -0.39 is 17.6 Å². The molecule has 1 N–H and O–H groups in total. The standard InChI is InChI=1S/C12H13F4N/c1-17-11(7-2-3-7)8-4-5-10(13)9(6-8)12(14,15)16/h4-7,11,17H,2-3H2,1H3. The summed E-state index contributed by atoms with van der Waals surface area (Å²) in [4.78, 5) is 0. The Morgan fingerprint density at radius 2 is 1.94 bits per heavy atom. The second-order valence-electron chi connectivity index (χ2n) is 4.34. The third kappa shape index (κ3) is 2.60. The van der Waals surface area contributed by atoms with Crippen molar-refractivity contribution in [2.45, 2.75) is 25.1 Å². The molecule has 1 fully saturated rings. The summed E-state index contributed by atoms with van der Waals surface area (Å²) < 4.78 is 50.8. The monoisotopic (exact) mass is 247 g/mol. The average Bonchev–Trinajstić information content (AvgIpc) is 3.04. The minimum Gasteiger partial charge on any atom is -0.313 e. The summed E-state index contributed by atoms with van der Waals surface area (Å²) in [6, 6.07) is 3.11. The number of rotatable bonds is 3. The molecule has 0 aliphatic heterocycles. The predicted octanol–water partition coefficient (Wildman–Crippen LogP) is 3.52. The van der Waals surface area contributed by atoms with Gasteiger partial charge in [-0.25, -0.2) is 4.39 Å². The molecule has 1 nitrogen and oxygen atoms in total. The van der Waals surface area contributed by atoms with Crippen LogP contribution < -0.4 is 5.32 Å². The lowest BCUT2D eigenvalue weighted by atomic mass is 10.00. The first-order valence-corrected chi connectivity index (χ1v) is 5.47. The number of halogens is 4. The molecule has 0 saturated heterocycles. The van der Waals surface area contributed by atoms with E-state index in [4.69, 9.17) is 0 Å². The van der Waals surface area contributed by atoms with E-state index in [0.29, 0.717) is 11.5 Å². The Balaban J connectivity index is 2.36. The smallest absolute Gasteiger partial charge is 0.313 e. The van der Waals surface area contributed by atoms with Crippen molar-refractivity contribution in [2.75, 3.05) is 7.05 Å². The zero-order valence-electron chi connectivity index (χ0n) is 9.31. The van der Waals surface area contributed by atoms with Gasteiger partial charge < -0.3 is 5.32 Å². The van der Waals surface area contributed by atoms with Crippen molar-refractivity contribution in [1.29, 1.82) is 0 Å². The van der Waals surface area contributed by atoms with Crippen molar-refractivity contribution >= 4 is 0 Å². The molecule has 1 unspecified atom stereocenters. The van der Waals surface area contributed by atoms with Crippen LogP contribution in [0.15, 0.2) is 18.2 Å². The molecule has 1 saturated carbocycles. The highest BCUT2D eigenvalue weighted by molar-refractivity contribution is 5.30. The maximum Gasteiger partial charge on any atom is 0.419 e. The van der Waals surface area contributed by atoms with Crippen molar-refractivity contribution in [2.24, 2.45) is 5.92 Å². The highest BCUT2D eigenvalue weighted by Gasteiger charge is 2.36. The van der Waals surface area contributed by atoms with Crippen molar-refractivity contribution in [3.05, 3.63) is 35.1 Å². The first kappa shape index (κ1) is 12.4. The molecule has 1 aliphatic rings. The van der Waals surface area contributed by atoms with Crippen molar-refractivity contribution < 1.29 is 17.6 Å². The lowest BCUT2D eigenvalue weighted by Gasteiger charge is -2.18. The molecule has 1 aromatic rings. The second kappa shape index (κ2) is 4.29. The molecule has 5 heteroatoms. The molecular formula is C12H13F4N. The fraction of sp³-hybridized carbons (Fsp3) is 0.500. The van der Waals surface area contributed by atoms with Crippen molar-refractivity contribution in [3.8, 4) is 0 Å². The molecule has 1 aromatic carbocycles. The normalized spacial score (nSPS) is 18.2. The number of alkyl halides is 3. The predicted molar refractivity (Wildman–Crippen MR) is 55.9 cm³/mol. The minimum atomic E-state index is -4.64. The van der Waals surface area contributed by atoms with Gasteiger partial charge in [0.25, 0.3) is 0 Å². The molecule has 17 heavy (non-hydrogen) atoms. The molecule has 94 valence electrons. The zero-order valence-corrected chi connectivity index (χ0v) is 9.31. The van der Waals surface area contributed by atoms with E-state index in [2.05, 4.69) is 5.32 Å². The Labute approximate surface area is 96.8 Å². The first-order chi connectivity index (χ1) is 7.93. The Morgan fingerprint density at radius 1 is 1.29 bits per heavy atom. The fourth-order valence-electron chi connectivity index (χ4n) is 2.06. The van der Waals surface area contributed by atoms with E-state index in [-0.39, 0.29) is 6.04 Å². The van der Waals surface area contributed by atoms with E-state index in [0.717, 1.165) is 25.0 Å². The van der Waals surface area contributed by atoms with Crippen LogP contribution in [0.2, 0.25) is 0 Å². The van der Waals surface area contributed by atoms with Gasteiger partial charge in [0.15, 0.2) is 0 Å². The number of hydrogen-bond donors (Lipinski definition) is 1. The van der Waals surface area contributed by atoms with E-state index in [1.165, 1.54) is 6.07 Å². The maximum atomic E-state index is 13.1. The van der Waals surface area contributed by atoms with Crippen LogP contribution in [-0.2, 0) is 6.18 Å². The number of nitrogens with one attached hydrogen (secondary N) is 1. The van der Waals surface area contributed by atoms with Crippen LogP contribution in [0.3, 0.4) is 0 Å². The molecule has 0 spiro atoms. The quantitative estimate of drug-likeness (QED) is 0.806. The van der Waals surface area contributed by atoms with Crippen LogP contribution in [-0.4, -0.2) is 7.05 Å². The van der Waals surface area contributed by atoms with E-state index >= 15 is 0 Å². The van der Waals surface area contributed by atoms with Crippen molar-refractivity contribution in [1.82, 2.24) is 5.32 Å². The number of benzene rings is 1. The molecule has 0 aromatic heterocycles. The topological polar surface area (TPSA) is 12.0 Å². The van der Waals surface area contributed by atoms with Crippen molar-refractivity contribution in [3.63, 3.8) is 0 Å². The molecule has 1 atom stereocenters. The Morgan fingerprint density at radius 3 is 2.41 bits per heavy atom. The first-order valence-electron chi connectivity index (χ1n) is 5.47. The van der Waals surface area contributed by atoms with Gasteiger partial charge in [-0.05, 0) is 43.5 Å². The summed E-state index contributed by atoms with van der Waals surface area (Å²) in [5.74, 6) is -0.849. The summed E-state index contributed by atoms with van der Waals surface area (Å²) in [7, 11) is 1.71. The van der Waals surface area contributed by atoms with Crippen LogP contribution in [0.4, 0.5) is 17.6 Å². The Bertz CT molecular complexity index is 409. The molecular weight excluding hydrogens is 234 g/mol. The Kier molecular flexibility index (Phi) is 3.12. The van der Waals surface area contributed by atoms with Crippen LogP contribution in [0.5, 0.6) is 0 Å². The molecule has 0 bridgehead atoms. The molecule has 2 rings (SSSR count). The van der Waals surface area contributed by atoms with E-state index in [1.54, 1.807) is 7.05 Å². The molecule has 0 amide bonds. The highest BCUT2D eigenvalue weighted by atomic mass is 19.4. The average molecular weight is 247 g/mol. The lowest BCUT2D eigenvalue weighted by molar-refractivity contribution is -0.140. The summed E-state index contributed by atoms with van der Waals surface area (Å²) >= 11 is 0. The largest absolute Gasteiger partial charge is 0.419 e. The van der Waals surface area contributed by atoms with Crippen LogP contribution >= 0.6 is 0 Å². The summed E-state index contributed by atoms with van der Waals surface area (Å²) in [6.45, 7) is 0. The second-order valence-corrected chi connectivity index (χ2v) is 4.34. The van der Waals surface area contributed by atoms with Gasteiger partial charge >= 0.3 is 6.18 Å². The highest BCUT2D eigenvalue weighted by Crippen LogP contribution is 2.42. The van der Waals surface area contributed by atoms with Gasteiger partial charge in [0, 0.05) is 6.04 Å². The summed E-state index contributed by atoms with van der Waals surface area (Å²) in [5.41, 5.74) is -0.681.